The Morgan fingerprint density at radius 2 is 1.93 bits per heavy atom. The number of aryl methyl sites for hydroxylation is 2. The maximum atomic E-state index is 13.0. The first-order chi connectivity index (χ1) is 13.4. The number of aromatic nitrogens is 2. The minimum atomic E-state index is -0.0858. The Morgan fingerprint density at radius 3 is 2.50 bits per heavy atom. The third kappa shape index (κ3) is 5.22. The summed E-state index contributed by atoms with van der Waals surface area (Å²) in [7, 11) is 3.21. The fourth-order valence-electron chi connectivity index (χ4n) is 2.69. The van der Waals surface area contributed by atoms with E-state index in [2.05, 4.69) is 11.6 Å². The van der Waals surface area contributed by atoms with Gasteiger partial charge in [0, 0.05) is 38.7 Å². The normalized spacial score (nSPS) is 11.1. The number of allylic oxidation sites excluding steroid dienone is 1. The molecule has 2 heterocycles. The van der Waals surface area contributed by atoms with Crippen molar-refractivity contribution in [2.45, 2.75) is 25.5 Å². The van der Waals surface area contributed by atoms with Crippen molar-refractivity contribution in [2.24, 2.45) is 0 Å². The zero-order valence-electron chi connectivity index (χ0n) is 16.8. The number of hydrogen-bond acceptors (Lipinski definition) is 7. The molecule has 9 heteroatoms. The first-order valence-electron chi connectivity index (χ1n) is 8.94. The van der Waals surface area contributed by atoms with Crippen LogP contribution in [0.2, 0.25) is 0 Å². The summed E-state index contributed by atoms with van der Waals surface area (Å²) in [5, 5.41) is 1.19. The van der Waals surface area contributed by atoms with E-state index >= 15 is 0 Å². The van der Waals surface area contributed by atoms with Crippen LogP contribution in [-0.2, 0) is 20.8 Å². The molecule has 0 aliphatic rings. The molecule has 0 aromatic carbocycles. The van der Waals surface area contributed by atoms with Crippen LogP contribution in [0.25, 0.3) is 10.2 Å². The van der Waals surface area contributed by atoms with Gasteiger partial charge in [-0.2, -0.15) is 0 Å². The van der Waals surface area contributed by atoms with Crippen LogP contribution >= 0.6 is 23.1 Å². The molecule has 0 aliphatic heterocycles. The van der Waals surface area contributed by atoms with Crippen LogP contribution in [0.5, 0.6) is 0 Å². The van der Waals surface area contributed by atoms with E-state index in [-0.39, 0.29) is 17.2 Å². The zero-order chi connectivity index (χ0) is 20.7. The molecular weight excluding hydrogens is 398 g/mol. The number of thiophene rings is 1. The fourth-order valence-corrected chi connectivity index (χ4v) is 4.67. The number of nitrogens with zero attached hydrogens (tertiary/aromatic N) is 3. The molecule has 0 fully saturated rings. The number of fused-ring (bicyclic) bond motifs is 1. The van der Waals surface area contributed by atoms with E-state index in [0.717, 1.165) is 10.4 Å². The number of hydrogen-bond donors (Lipinski definition) is 0. The fraction of sp³-hybridized carbons (Fsp3) is 0.526. The van der Waals surface area contributed by atoms with Crippen LogP contribution in [0, 0.1) is 13.8 Å². The van der Waals surface area contributed by atoms with E-state index in [1.165, 1.54) is 23.1 Å². The summed E-state index contributed by atoms with van der Waals surface area (Å²) < 4.78 is 11.8. The summed E-state index contributed by atoms with van der Waals surface area (Å²) >= 11 is 2.78. The molecule has 154 valence electrons. The number of amides is 1. The quantitative estimate of drug-likeness (QED) is 0.313. The van der Waals surface area contributed by atoms with Gasteiger partial charge in [0.1, 0.15) is 4.83 Å². The average molecular weight is 426 g/mol. The van der Waals surface area contributed by atoms with Crippen molar-refractivity contribution >= 4 is 39.2 Å². The average Bonchev–Trinajstić information content (AvgIpc) is 2.96. The molecule has 2 rings (SSSR count). The number of thioether (sulfide) groups is 1. The van der Waals surface area contributed by atoms with E-state index < -0.39 is 0 Å². The van der Waals surface area contributed by atoms with Crippen molar-refractivity contribution in [3.63, 3.8) is 0 Å². The highest BCUT2D eigenvalue weighted by Crippen LogP contribution is 2.28. The Balaban J connectivity index is 2.26. The molecule has 0 saturated heterocycles. The molecule has 7 nitrogen and oxygen atoms in total. The second-order valence-electron chi connectivity index (χ2n) is 6.22. The third-order valence-corrected chi connectivity index (χ3v) is 6.44. The van der Waals surface area contributed by atoms with Gasteiger partial charge in [-0.25, -0.2) is 4.98 Å². The number of carbonyl (C=O) groups excluding carboxylic acids is 1. The summed E-state index contributed by atoms with van der Waals surface area (Å²) in [5.41, 5.74) is 0.880. The Kier molecular flexibility index (Phi) is 8.68. The molecular formula is C19H27N3O4S2. The van der Waals surface area contributed by atoms with Crippen molar-refractivity contribution in [2.75, 3.05) is 46.3 Å². The minimum absolute atomic E-state index is 0.0443. The Morgan fingerprint density at radius 1 is 1.29 bits per heavy atom. The number of ether oxygens (including phenoxy) is 2. The molecule has 2 aromatic heterocycles. The van der Waals surface area contributed by atoms with Crippen molar-refractivity contribution in [1.29, 1.82) is 0 Å². The number of rotatable bonds is 11. The zero-order valence-corrected chi connectivity index (χ0v) is 18.5. The molecule has 0 N–H and O–H groups in total. The highest BCUT2D eigenvalue weighted by atomic mass is 32.2. The lowest BCUT2D eigenvalue weighted by Gasteiger charge is -2.22. The van der Waals surface area contributed by atoms with E-state index in [1.807, 2.05) is 13.8 Å². The summed E-state index contributed by atoms with van der Waals surface area (Å²) in [5.74, 6) is 0.142. The summed E-state index contributed by atoms with van der Waals surface area (Å²) in [6, 6.07) is 0. The first kappa shape index (κ1) is 22.6. The molecule has 0 aliphatic carbocycles. The molecule has 0 radical (unpaired) electrons. The van der Waals surface area contributed by atoms with Crippen LogP contribution in [0.1, 0.15) is 10.4 Å². The lowest BCUT2D eigenvalue weighted by atomic mass is 10.2. The van der Waals surface area contributed by atoms with E-state index in [4.69, 9.17) is 9.47 Å². The van der Waals surface area contributed by atoms with Gasteiger partial charge < -0.3 is 14.4 Å². The summed E-state index contributed by atoms with van der Waals surface area (Å²) in [6.07, 6.45) is 1.67. The van der Waals surface area contributed by atoms with Gasteiger partial charge in [-0.15, -0.1) is 17.9 Å². The molecule has 0 bridgehead atoms. The minimum Gasteiger partial charge on any atom is -0.383 e. The van der Waals surface area contributed by atoms with Crippen LogP contribution in [0.15, 0.2) is 22.6 Å². The first-order valence-corrected chi connectivity index (χ1v) is 10.7. The van der Waals surface area contributed by atoms with E-state index in [9.17, 15) is 9.59 Å². The molecule has 2 aromatic rings. The Hall–Kier alpha value is -1.68. The van der Waals surface area contributed by atoms with Crippen LogP contribution in [-0.4, -0.2) is 66.6 Å². The van der Waals surface area contributed by atoms with Gasteiger partial charge in [-0.05, 0) is 19.4 Å². The van der Waals surface area contributed by atoms with Crippen LogP contribution in [0.4, 0.5) is 0 Å². The smallest absolute Gasteiger partial charge is 0.263 e. The Bertz CT molecular complexity index is 883. The molecule has 0 atom stereocenters. The van der Waals surface area contributed by atoms with E-state index in [1.54, 1.807) is 29.8 Å². The van der Waals surface area contributed by atoms with Crippen molar-refractivity contribution in [1.82, 2.24) is 14.5 Å². The second-order valence-corrected chi connectivity index (χ2v) is 8.36. The number of methoxy groups -OCH3 is 2. The van der Waals surface area contributed by atoms with Crippen LogP contribution < -0.4 is 5.56 Å². The summed E-state index contributed by atoms with van der Waals surface area (Å²) in [6.45, 7) is 9.92. The van der Waals surface area contributed by atoms with Gasteiger partial charge in [0.25, 0.3) is 5.56 Å². The van der Waals surface area contributed by atoms with Crippen molar-refractivity contribution in [3.05, 3.63) is 33.4 Å². The van der Waals surface area contributed by atoms with E-state index in [0.29, 0.717) is 48.2 Å². The molecule has 0 spiro atoms. The molecule has 1 amide bonds. The van der Waals surface area contributed by atoms with Crippen LogP contribution in [0.3, 0.4) is 0 Å². The van der Waals surface area contributed by atoms with Gasteiger partial charge in [-0.1, -0.05) is 17.8 Å². The molecule has 0 saturated carbocycles. The number of carbonyl (C=O) groups is 1. The van der Waals surface area contributed by atoms with Crippen molar-refractivity contribution < 1.29 is 14.3 Å². The third-order valence-electron chi connectivity index (χ3n) is 4.37. The van der Waals surface area contributed by atoms with Gasteiger partial charge in [0.05, 0.1) is 24.4 Å². The summed E-state index contributed by atoms with van der Waals surface area (Å²) in [4.78, 5) is 33.8. The monoisotopic (exact) mass is 425 g/mol. The van der Waals surface area contributed by atoms with Gasteiger partial charge in [-0.3, -0.25) is 14.2 Å². The standard InChI is InChI=1S/C19H27N3O4S2/c1-6-7-22-18(24)16-13(2)14(3)28-17(16)20-19(22)27-12-15(23)21(8-10-25-4)9-11-26-5/h6H,1,7-12H2,2-5H3. The highest BCUT2D eigenvalue weighted by molar-refractivity contribution is 7.99. The second kappa shape index (κ2) is 10.8. The molecule has 28 heavy (non-hydrogen) atoms. The maximum Gasteiger partial charge on any atom is 0.263 e. The Labute approximate surface area is 173 Å². The predicted molar refractivity (Wildman–Crippen MR) is 115 cm³/mol. The predicted octanol–water partition coefficient (Wildman–Crippen LogP) is 2.47. The highest BCUT2D eigenvalue weighted by Gasteiger charge is 2.19. The maximum absolute atomic E-state index is 13.0. The largest absolute Gasteiger partial charge is 0.383 e. The SMILES string of the molecule is C=CCn1c(SCC(=O)N(CCOC)CCOC)nc2sc(C)c(C)c2c1=O. The topological polar surface area (TPSA) is 73.7 Å². The lowest BCUT2D eigenvalue weighted by molar-refractivity contribution is -0.129. The lowest BCUT2D eigenvalue weighted by Crippen LogP contribution is -2.37. The van der Waals surface area contributed by atoms with Gasteiger partial charge >= 0.3 is 0 Å². The van der Waals surface area contributed by atoms with Gasteiger partial charge in [0.15, 0.2) is 5.16 Å². The van der Waals surface area contributed by atoms with Crippen molar-refractivity contribution in [3.8, 4) is 0 Å². The van der Waals surface area contributed by atoms with Gasteiger partial charge in [0.2, 0.25) is 5.91 Å². The molecule has 0 unspecified atom stereocenters.